The fourth-order valence-corrected chi connectivity index (χ4v) is 1.73. The van der Waals surface area contributed by atoms with Crippen LogP contribution in [0.4, 0.5) is 20.2 Å². The molecule has 0 bridgehead atoms. The molecule has 0 aliphatic rings. The fourth-order valence-electron chi connectivity index (χ4n) is 1.73. The lowest BCUT2D eigenvalue weighted by Crippen LogP contribution is -2.12. The van der Waals surface area contributed by atoms with Gasteiger partial charge in [0.25, 0.3) is 5.91 Å². The molecule has 2 N–H and O–H groups in total. The van der Waals surface area contributed by atoms with E-state index >= 15 is 0 Å². The number of hydrogen-bond acceptors (Lipinski definition) is 2. The van der Waals surface area contributed by atoms with Crippen molar-refractivity contribution in [3.05, 3.63) is 59.7 Å². The number of benzene rings is 2. The van der Waals surface area contributed by atoms with Crippen LogP contribution >= 0.6 is 0 Å². The second-order valence-corrected chi connectivity index (χ2v) is 4.37. The molecular formula is C15H12F2N2O2. The molecule has 0 fully saturated rings. The van der Waals surface area contributed by atoms with Gasteiger partial charge in [0, 0.05) is 29.9 Å². The second-order valence-electron chi connectivity index (χ2n) is 4.37. The summed E-state index contributed by atoms with van der Waals surface area (Å²) in [6.45, 7) is 1.38. The number of rotatable bonds is 3. The Balaban J connectivity index is 2.10. The van der Waals surface area contributed by atoms with E-state index in [1.54, 1.807) is 24.3 Å². The minimum Gasteiger partial charge on any atom is -0.326 e. The molecule has 2 rings (SSSR count). The van der Waals surface area contributed by atoms with E-state index in [4.69, 9.17) is 0 Å². The van der Waals surface area contributed by atoms with Crippen LogP contribution in [0.3, 0.4) is 0 Å². The van der Waals surface area contributed by atoms with Crippen LogP contribution in [0.2, 0.25) is 0 Å². The van der Waals surface area contributed by atoms with Crippen molar-refractivity contribution in [2.45, 2.75) is 6.92 Å². The van der Waals surface area contributed by atoms with E-state index in [1.807, 2.05) is 0 Å². The summed E-state index contributed by atoms with van der Waals surface area (Å²) in [5, 5.41) is 5.09. The Labute approximate surface area is 119 Å². The zero-order valence-corrected chi connectivity index (χ0v) is 11.1. The molecule has 21 heavy (non-hydrogen) atoms. The first-order valence-electron chi connectivity index (χ1n) is 6.09. The van der Waals surface area contributed by atoms with Gasteiger partial charge >= 0.3 is 0 Å². The van der Waals surface area contributed by atoms with Crippen LogP contribution in [0.15, 0.2) is 42.5 Å². The summed E-state index contributed by atoms with van der Waals surface area (Å²) in [5.41, 5.74) is 0.912. The third kappa shape index (κ3) is 4.10. The third-order valence-electron chi connectivity index (χ3n) is 2.59. The topological polar surface area (TPSA) is 58.2 Å². The van der Waals surface area contributed by atoms with E-state index in [-0.39, 0.29) is 11.5 Å². The molecule has 4 nitrogen and oxygen atoms in total. The molecule has 0 aromatic heterocycles. The van der Waals surface area contributed by atoms with Crippen molar-refractivity contribution < 1.29 is 18.4 Å². The Morgan fingerprint density at radius 3 is 1.81 bits per heavy atom. The van der Waals surface area contributed by atoms with Crippen LogP contribution in [-0.4, -0.2) is 11.8 Å². The molecule has 6 heteroatoms. The number of carbonyl (C=O) groups is 2. The molecule has 0 atom stereocenters. The van der Waals surface area contributed by atoms with E-state index in [0.29, 0.717) is 17.4 Å². The second kappa shape index (κ2) is 6.13. The van der Waals surface area contributed by atoms with Crippen molar-refractivity contribution in [1.82, 2.24) is 0 Å². The van der Waals surface area contributed by atoms with Gasteiger partial charge < -0.3 is 10.6 Å². The summed E-state index contributed by atoms with van der Waals surface area (Å²) in [6, 6.07) is 8.93. The van der Waals surface area contributed by atoms with Gasteiger partial charge in [0.05, 0.1) is 0 Å². The van der Waals surface area contributed by atoms with Gasteiger partial charge in [-0.3, -0.25) is 9.59 Å². The molecule has 0 aliphatic carbocycles. The number of anilines is 2. The Morgan fingerprint density at radius 2 is 1.33 bits per heavy atom. The largest absolute Gasteiger partial charge is 0.326 e. The predicted molar refractivity (Wildman–Crippen MR) is 75.1 cm³/mol. The maximum atomic E-state index is 13.0. The maximum absolute atomic E-state index is 13.0. The number of halogens is 2. The van der Waals surface area contributed by atoms with E-state index in [1.165, 1.54) is 6.92 Å². The summed E-state index contributed by atoms with van der Waals surface area (Å²) in [6.07, 6.45) is 0. The first-order chi connectivity index (χ1) is 9.94. The Bertz CT molecular complexity index is 664. The van der Waals surface area contributed by atoms with Gasteiger partial charge in [-0.15, -0.1) is 0 Å². The van der Waals surface area contributed by atoms with Crippen molar-refractivity contribution in [3.63, 3.8) is 0 Å². The molecule has 0 aliphatic heterocycles. The number of nitrogens with one attached hydrogen (secondary N) is 2. The lowest BCUT2D eigenvalue weighted by atomic mass is 10.2. The first-order valence-corrected chi connectivity index (χ1v) is 6.09. The maximum Gasteiger partial charge on any atom is 0.255 e. The Hall–Kier alpha value is -2.76. The van der Waals surface area contributed by atoms with Crippen LogP contribution in [-0.2, 0) is 4.79 Å². The molecule has 0 heterocycles. The molecule has 0 saturated heterocycles. The van der Waals surface area contributed by atoms with Crippen molar-refractivity contribution in [3.8, 4) is 0 Å². The highest BCUT2D eigenvalue weighted by Gasteiger charge is 2.09. The number of carbonyl (C=O) groups excluding carboxylic acids is 2. The smallest absolute Gasteiger partial charge is 0.255 e. The quantitative estimate of drug-likeness (QED) is 0.912. The van der Waals surface area contributed by atoms with Crippen molar-refractivity contribution in [2.24, 2.45) is 0 Å². The number of amides is 2. The molecule has 108 valence electrons. The van der Waals surface area contributed by atoms with Crippen molar-refractivity contribution in [1.29, 1.82) is 0 Å². The van der Waals surface area contributed by atoms with E-state index < -0.39 is 17.5 Å². The van der Waals surface area contributed by atoms with Crippen LogP contribution in [0, 0.1) is 11.6 Å². The molecule has 0 radical (unpaired) electrons. The van der Waals surface area contributed by atoms with E-state index in [2.05, 4.69) is 10.6 Å². The highest BCUT2D eigenvalue weighted by molar-refractivity contribution is 6.04. The minimum absolute atomic E-state index is 0.113. The molecular weight excluding hydrogens is 278 g/mol. The van der Waals surface area contributed by atoms with Crippen molar-refractivity contribution in [2.75, 3.05) is 10.6 Å². The van der Waals surface area contributed by atoms with Gasteiger partial charge in [-0.2, -0.15) is 0 Å². The molecule has 0 spiro atoms. The van der Waals surface area contributed by atoms with Crippen LogP contribution in [0.5, 0.6) is 0 Å². The van der Waals surface area contributed by atoms with Gasteiger partial charge in [-0.1, -0.05) is 0 Å². The van der Waals surface area contributed by atoms with Gasteiger partial charge in [0.15, 0.2) is 0 Å². The van der Waals surface area contributed by atoms with Crippen LogP contribution in [0.25, 0.3) is 0 Å². The monoisotopic (exact) mass is 290 g/mol. The average molecular weight is 290 g/mol. The molecule has 0 unspecified atom stereocenters. The lowest BCUT2D eigenvalue weighted by Gasteiger charge is -2.07. The molecule has 0 saturated carbocycles. The van der Waals surface area contributed by atoms with Gasteiger partial charge in [-0.05, 0) is 36.4 Å². The fraction of sp³-hybridized carbons (Fsp3) is 0.0667. The Kier molecular flexibility index (Phi) is 4.27. The van der Waals surface area contributed by atoms with E-state index in [0.717, 1.165) is 12.1 Å². The SMILES string of the molecule is CC(=O)Nc1ccc(NC(=O)c2cc(F)cc(F)c2)cc1. The third-order valence-corrected chi connectivity index (χ3v) is 2.59. The van der Waals surface area contributed by atoms with Gasteiger partial charge in [0.1, 0.15) is 11.6 Å². The highest BCUT2D eigenvalue weighted by Crippen LogP contribution is 2.15. The molecule has 2 amide bonds. The summed E-state index contributed by atoms with van der Waals surface area (Å²) in [4.78, 5) is 22.7. The summed E-state index contributed by atoms with van der Waals surface area (Å²) >= 11 is 0. The Morgan fingerprint density at radius 1 is 0.857 bits per heavy atom. The van der Waals surface area contributed by atoms with Gasteiger partial charge in [0.2, 0.25) is 5.91 Å². The summed E-state index contributed by atoms with van der Waals surface area (Å²) in [7, 11) is 0. The normalized spacial score (nSPS) is 10.0. The van der Waals surface area contributed by atoms with Crippen LogP contribution in [0.1, 0.15) is 17.3 Å². The zero-order chi connectivity index (χ0) is 15.4. The number of hydrogen-bond donors (Lipinski definition) is 2. The summed E-state index contributed by atoms with van der Waals surface area (Å²) < 4.78 is 26.1. The zero-order valence-electron chi connectivity index (χ0n) is 11.1. The summed E-state index contributed by atoms with van der Waals surface area (Å²) in [5.74, 6) is -2.47. The van der Waals surface area contributed by atoms with E-state index in [9.17, 15) is 18.4 Å². The van der Waals surface area contributed by atoms with Crippen LogP contribution < -0.4 is 10.6 Å². The molecule has 2 aromatic rings. The molecule has 2 aromatic carbocycles. The first kappa shape index (κ1) is 14.6. The van der Waals surface area contributed by atoms with Gasteiger partial charge in [-0.25, -0.2) is 8.78 Å². The highest BCUT2D eigenvalue weighted by atomic mass is 19.1. The minimum atomic E-state index is -0.818. The predicted octanol–water partition coefficient (Wildman–Crippen LogP) is 3.18. The van der Waals surface area contributed by atoms with Crippen molar-refractivity contribution >= 4 is 23.2 Å². The lowest BCUT2D eigenvalue weighted by molar-refractivity contribution is -0.114. The average Bonchev–Trinajstić information content (AvgIpc) is 2.39. The standard InChI is InChI=1S/C15H12F2N2O2/c1-9(20)18-13-2-4-14(5-3-13)19-15(21)10-6-11(16)8-12(17)7-10/h2-8H,1H3,(H,18,20)(H,19,21).